The predicted octanol–water partition coefficient (Wildman–Crippen LogP) is 0.271. The summed E-state index contributed by atoms with van der Waals surface area (Å²) in [6.07, 6.45) is 0. The zero-order valence-corrected chi connectivity index (χ0v) is 9.53. The number of aromatic nitrogens is 3. The van der Waals surface area contributed by atoms with E-state index in [4.69, 9.17) is 0 Å². The quantitative estimate of drug-likeness (QED) is 0.750. The van der Waals surface area contributed by atoms with Gasteiger partial charge in [-0.25, -0.2) is 0 Å². The van der Waals surface area contributed by atoms with Crippen LogP contribution in [0.1, 0.15) is 26.6 Å². The maximum atomic E-state index is 10.7. The zero-order chi connectivity index (χ0) is 11.4. The third-order valence-corrected chi connectivity index (χ3v) is 1.88. The molecule has 0 aliphatic heterocycles. The van der Waals surface area contributed by atoms with Crippen LogP contribution in [0.3, 0.4) is 0 Å². The fourth-order valence-corrected chi connectivity index (χ4v) is 1.10. The molecule has 0 fully saturated rings. The van der Waals surface area contributed by atoms with Crippen molar-refractivity contribution < 1.29 is 4.79 Å². The van der Waals surface area contributed by atoms with Gasteiger partial charge in [0.1, 0.15) is 0 Å². The lowest BCUT2D eigenvalue weighted by Crippen LogP contribution is -2.21. The van der Waals surface area contributed by atoms with Crippen LogP contribution in [0.25, 0.3) is 0 Å². The van der Waals surface area contributed by atoms with Crippen LogP contribution in [-0.4, -0.2) is 26.7 Å². The first-order chi connectivity index (χ1) is 7.00. The van der Waals surface area contributed by atoms with E-state index in [2.05, 4.69) is 20.8 Å². The van der Waals surface area contributed by atoms with Gasteiger partial charge < -0.3 is 10.6 Å². The molecular weight excluding hydrogens is 194 g/mol. The summed E-state index contributed by atoms with van der Waals surface area (Å²) in [6.45, 7) is 5.94. The lowest BCUT2D eigenvalue weighted by molar-refractivity contribution is -0.119. The first-order valence-corrected chi connectivity index (χ1v) is 4.90. The third kappa shape index (κ3) is 3.23. The molecule has 1 aromatic heterocycles. The minimum absolute atomic E-state index is 0.0728. The lowest BCUT2D eigenvalue weighted by atomic mass is 10.4. The van der Waals surface area contributed by atoms with Crippen molar-refractivity contribution in [2.75, 3.05) is 5.32 Å². The number of hydrogen-bond donors (Lipinski definition) is 2. The van der Waals surface area contributed by atoms with Gasteiger partial charge in [0.2, 0.25) is 11.9 Å². The van der Waals surface area contributed by atoms with Crippen molar-refractivity contribution in [3.8, 4) is 0 Å². The van der Waals surface area contributed by atoms with E-state index >= 15 is 0 Å². The average Bonchev–Trinajstić information content (AvgIpc) is 2.44. The first-order valence-electron chi connectivity index (χ1n) is 4.90. The van der Waals surface area contributed by atoms with E-state index in [0.717, 1.165) is 5.82 Å². The number of amides is 1. The Hall–Kier alpha value is -1.59. The number of nitrogens with zero attached hydrogens (tertiary/aromatic N) is 3. The maximum absolute atomic E-state index is 10.7. The second-order valence-electron chi connectivity index (χ2n) is 3.71. The SMILES string of the molecule is CC(=O)NCc1nnc(NC(C)C)n1C. The van der Waals surface area contributed by atoms with Gasteiger partial charge in [-0.1, -0.05) is 0 Å². The van der Waals surface area contributed by atoms with Crippen molar-refractivity contribution >= 4 is 11.9 Å². The molecule has 0 aliphatic rings. The molecule has 0 saturated carbocycles. The molecule has 0 unspecified atom stereocenters. The van der Waals surface area contributed by atoms with Gasteiger partial charge in [0.15, 0.2) is 5.82 Å². The Morgan fingerprint density at radius 2 is 2.13 bits per heavy atom. The van der Waals surface area contributed by atoms with Gasteiger partial charge >= 0.3 is 0 Å². The van der Waals surface area contributed by atoms with Crippen LogP contribution in [0.2, 0.25) is 0 Å². The van der Waals surface area contributed by atoms with Crippen LogP contribution in [0, 0.1) is 0 Å². The maximum Gasteiger partial charge on any atom is 0.224 e. The van der Waals surface area contributed by atoms with Crippen molar-refractivity contribution in [3.05, 3.63) is 5.82 Å². The largest absolute Gasteiger partial charge is 0.352 e. The Labute approximate surface area is 89.1 Å². The van der Waals surface area contributed by atoms with Crippen molar-refractivity contribution in [1.82, 2.24) is 20.1 Å². The van der Waals surface area contributed by atoms with Crippen molar-refractivity contribution in [3.63, 3.8) is 0 Å². The van der Waals surface area contributed by atoms with Crippen LogP contribution in [-0.2, 0) is 18.4 Å². The lowest BCUT2D eigenvalue weighted by Gasteiger charge is -2.09. The molecule has 0 bridgehead atoms. The van der Waals surface area contributed by atoms with E-state index in [-0.39, 0.29) is 5.91 Å². The first kappa shape index (κ1) is 11.5. The minimum atomic E-state index is -0.0728. The summed E-state index contributed by atoms with van der Waals surface area (Å²) in [7, 11) is 1.86. The molecule has 0 aliphatic carbocycles. The summed E-state index contributed by atoms with van der Waals surface area (Å²) >= 11 is 0. The zero-order valence-electron chi connectivity index (χ0n) is 9.53. The number of hydrogen-bond acceptors (Lipinski definition) is 4. The molecule has 6 nitrogen and oxygen atoms in total. The molecule has 0 spiro atoms. The number of carbonyl (C=O) groups is 1. The molecular formula is C9H17N5O. The van der Waals surface area contributed by atoms with E-state index in [1.54, 1.807) is 0 Å². The van der Waals surface area contributed by atoms with Crippen LogP contribution < -0.4 is 10.6 Å². The molecule has 1 aromatic rings. The number of nitrogens with one attached hydrogen (secondary N) is 2. The number of anilines is 1. The summed E-state index contributed by atoms with van der Waals surface area (Å²) in [5, 5.41) is 13.8. The average molecular weight is 211 g/mol. The Kier molecular flexibility index (Phi) is 3.65. The summed E-state index contributed by atoms with van der Waals surface area (Å²) in [5.41, 5.74) is 0. The fourth-order valence-electron chi connectivity index (χ4n) is 1.10. The normalized spacial score (nSPS) is 10.5. The van der Waals surface area contributed by atoms with E-state index in [1.807, 2.05) is 25.5 Å². The summed E-state index contributed by atoms with van der Waals surface area (Å²) in [4.78, 5) is 10.7. The highest BCUT2D eigenvalue weighted by Gasteiger charge is 2.08. The fraction of sp³-hybridized carbons (Fsp3) is 0.667. The molecule has 0 saturated heterocycles. The standard InChI is InChI=1S/C9H17N5O/c1-6(2)11-9-13-12-8(14(9)4)5-10-7(3)15/h6H,5H2,1-4H3,(H,10,15)(H,11,13). The summed E-state index contributed by atoms with van der Waals surface area (Å²) in [6, 6.07) is 0.307. The van der Waals surface area contributed by atoms with Crippen molar-refractivity contribution in [1.29, 1.82) is 0 Å². The van der Waals surface area contributed by atoms with Crippen molar-refractivity contribution in [2.45, 2.75) is 33.4 Å². The van der Waals surface area contributed by atoms with Gasteiger partial charge in [-0.3, -0.25) is 9.36 Å². The Morgan fingerprint density at radius 1 is 1.47 bits per heavy atom. The van der Waals surface area contributed by atoms with E-state index in [9.17, 15) is 4.79 Å². The highest BCUT2D eigenvalue weighted by molar-refractivity contribution is 5.72. The van der Waals surface area contributed by atoms with Crippen LogP contribution >= 0.6 is 0 Å². The molecule has 15 heavy (non-hydrogen) atoms. The Morgan fingerprint density at radius 3 is 2.67 bits per heavy atom. The second kappa shape index (κ2) is 4.77. The molecule has 0 aromatic carbocycles. The topological polar surface area (TPSA) is 71.8 Å². The predicted molar refractivity (Wildman–Crippen MR) is 57.3 cm³/mol. The number of rotatable bonds is 4. The van der Waals surface area contributed by atoms with Crippen molar-refractivity contribution in [2.24, 2.45) is 7.05 Å². The van der Waals surface area contributed by atoms with Gasteiger partial charge in [0.05, 0.1) is 6.54 Å². The number of carbonyl (C=O) groups excluding carboxylic acids is 1. The van der Waals surface area contributed by atoms with Gasteiger partial charge in [-0.05, 0) is 13.8 Å². The molecule has 84 valence electrons. The molecule has 0 atom stereocenters. The van der Waals surface area contributed by atoms with Gasteiger partial charge in [0, 0.05) is 20.0 Å². The monoisotopic (exact) mass is 211 g/mol. The van der Waals surface area contributed by atoms with Gasteiger partial charge in [-0.15, -0.1) is 10.2 Å². The molecule has 6 heteroatoms. The molecule has 0 radical (unpaired) electrons. The second-order valence-corrected chi connectivity index (χ2v) is 3.71. The van der Waals surface area contributed by atoms with Crippen LogP contribution in [0.15, 0.2) is 0 Å². The molecule has 2 N–H and O–H groups in total. The smallest absolute Gasteiger partial charge is 0.224 e. The minimum Gasteiger partial charge on any atom is -0.352 e. The van der Waals surface area contributed by atoms with E-state index < -0.39 is 0 Å². The van der Waals surface area contributed by atoms with E-state index in [0.29, 0.717) is 18.5 Å². The Balaban J connectivity index is 2.66. The van der Waals surface area contributed by atoms with Gasteiger partial charge in [-0.2, -0.15) is 0 Å². The van der Waals surface area contributed by atoms with Gasteiger partial charge in [0.25, 0.3) is 0 Å². The summed E-state index contributed by atoms with van der Waals surface area (Å²) in [5.74, 6) is 1.37. The third-order valence-electron chi connectivity index (χ3n) is 1.88. The highest BCUT2D eigenvalue weighted by Crippen LogP contribution is 2.05. The molecule has 1 rings (SSSR count). The van der Waals surface area contributed by atoms with Crippen LogP contribution in [0.5, 0.6) is 0 Å². The molecule has 1 heterocycles. The van der Waals surface area contributed by atoms with Crippen LogP contribution in [0.4, 0.5) is 5.95 Å². The summed E-state index contributed by atoms with van der Waals surface area (Å²) < 4.78 is 1.83. The highest BCUT2D eigenvalue weighted by atomic mass is 16.1. The van der Waals surface area contributed by atoms with E-state index in [1.165, 1.54) is 6.92 Å². The molecule has 1 amide bonds. The Bertz CT molecular complexity index is 344.